The Morgan fingerprint density at radius 2 is 2.00 bits per heavy atom. The summed E-state index contributed by atoms with van der Waals surface area (Å²) in [6.07, 6.45) is 3.56. The monoisotopic (exact) mass is 184 g/mol. The SMILES string of the molecule is CC(=O)CCC[C@H]1O[C@@H]1C(C)(C)C. The molecule has 0 spiro atoms. The van der Waals surface area contributed by atoms with Crippen molar-refractivity contribution in [3.63, 3.8) is 0 Å². The molecule has 1 rings (SSSR count). The molecule has 1 aliphatic rings. The van der Waals surface area contributed by atoms with Gasteiger partial charge in [0, 0.05) is 6.42 Å². The molecule has 0 aromatic carbocycles. The first-order valence-electron chi connectivity index (χ1n) is 5.06. The van der Waals surface area contributed by atoms with Gasteiger partial charge < -0.3 is 9.53 Å². The lowest BCUT2D eigenvalue weighted by atomic mass is 9.89. The van der Waals surface area contributed by atoms with Crippen LogP contribution in [0.1, 0.15) is 47.0 Å². The number of ether oxygens (including phenoxy) is 1. The molecular formula is C11H20O2. The quantitative estimate of drug-likeness (QED) is 0.628. The lowest BCUT2D eigenvalue weighted by molar-refractivity contribution is -0.117. The normalized spacial score (nSPS) is 27.4. The maximum absolute atomic E-state index is 10.7. The van der Waals surface area contributed by atoms with Crippen LogP contribution >= 0.6 is 0 Å². The highest BCUT2D eigenvalue weighted by molar-refractivity contribution is 5.75. The van der Waals surface area contributed by atoms with Crippen molar-refractivity contribution in [2.24, 2.45) is 5.41 Å². The fraction of sp³-hybridized carbons (Fsp3) is 0.909. The van der Waals surface area contributed by atoms with Gasteiger partial charge >= 0.3 is 0 Å². The highest BCUT2D eigenvalue weighted by Crippen LogP contribution is 2.40. The lowest BCUT2D eigenvalue weighted by Crippen LogP contribution is -2.16. The van der Waals surface area contributed by atoms with E-state index in [0.29, 0.717) is 18.6 Å². The summed E-state index contributed by atoms with van der Waals surface area (Å²) >= 11 is 0. The van der Waals surface area contributed by atoms with E-state index in [4.69, 9.17) is 4.74 Å². The van der Waals surface area contributed by atoms with E-state index >= 15 is 0 Å². The van der Waals surface area contributed by atoms with Gasteiger partial charge in [-0.2, -0.15) is 0 Å². The van der Waals surface area contributed by atoms with E-state index in [1.54, 1.807) is 6.92 Å². The van der Waals surface area contributed by atoms with Crippen LogP contribution in [0.25, 0.3) is 0 Å². The number of carbonyl (C=O) groups excluding carboxylic acids is 1. The molecule has 0 bridgehead atoms. The molecule has 2 heteroatoms. The molecule has 1 heterocycles. The first-order valence-corrected chi connectivity index (χ1v) is 5.06. The van der Waals surface area contributed by atoms with E-state index in [1.165, 1.54) is 0 Å². The standard InChI is InChI=1S/C11H20O2/c1-8(12)6-5-7-9-10(13-9)11(2,3)4/h9-10H,5-7H2,1-4H3/t9-,10+/m1/s1. The van der Waals surface area contributed by atoms with E-state index in [-0.39, 0.29) is 11.2 Å². The van der Waals surface area contributed by atoms with Gasteiger partial charge in [-0.25, -0.2) is 0 Å². The van der Waals surface area contributed by atoms with Crippen molar-refractivity contribution in [2.45, 2.75) is 59.2 Å². The first-order chi connectivity index (χ1) is 5.91. The zero-order valence-corrected chi connectivity index (χ0v) is 9.09. The number of epoxide rings is 1. The van der Waals surface area contributed by atoms with Crippen LogP contribution < -0.4 is 0 Å². The van der Waals surface area contributed by atoms with Crippen LogP contribution in [0.2, 0.25) is 0 Å². The van der Waals surface area contributed by atoms with E-state index in [9.17, 15) is 4.79 Å². The third-order valence-corrected chi connectivity index (χ3v) is 2.45. The van der Waals surface area contributed by atoms with Crippen molar-refractivity contribution in [1.82, 2.24) is 0 Å². The highest BCUT2D eigenvalue weighted by atomic mass is 16.6. The molecular weight excluding hydrogens is 164 g/mol. The maximum atomic E-state index is 10.7. The molecule has 1 fully saturated rings. The summed E-state index contributed by atoms with van der Waals surface area (Å²) in [5.41, 5.74) is 0.265. The van der Waals surface area contributed by atoms with Crippen molar-refractivity contribution >= 4 is 5.78 Å². The van der Waals surface area contributed by atoms with Crippen LogP contribution in [0.15, 0.2) is 0 Å². The Labute approximate surface area is 80.7 Å². The minimum atomic E-state index is 0.265. The molecule has 1 aliphatic heterocycles. The number of hydrogen-bond donors (Lipinski definition) is 0. The number of hydrogen-bond acceptors (Lipinski definition) is 2. The first kappa shape index (κ1) is 10.7. The van der Waals surface area contributed by atoms with Gasteiger partial charge in [-0.3, -0.25) is 0 Å². The van der Waals surface area contributed by atoms with Crippen LogP contribution in [0, 0.1) is 5.41 Å². The van der Waals surface area contributed by atoms with Crippen molar-refractivity contribution < 1.29 is 9.53 Å². The second-order valence-electron chi connectivity index (χ2n) is 5.06. The Bertz CT molecular complexity index is 191. The molecule has 0 aromatic heterocycles. The van der Waals surface area contributed by atoms with Crippen molar-refractivity contribution in [3.8, 4) is 0 Å². The molecule has 0 aliphatic carbocycles. The Balaban J connectivity index is 2.11. The lowest BCUT2D eigenvalue weighted by Gasteiger charge is -2.14. The zero-order chi connectivity index (χ0) is 10.1. The summed E-state index contributed by atoms with van der Waals surface area (Å²) in [5, 5.41) is 0. The molecule has 0 saturated carbocycles. The fourth-order valence-electron chi connectivity index (χ4n) is 1.68. The van der Waals surface area contributed by atoms with Crippen LogP contribution in [0.3, 0.4) is 0 Å². The zero-order valence-electron chi connectivity index (χ0n) is 9.09. The summed E-state index contributed by atoms with van der Waals surface area (Å²) in [6, 6.07) is 0. The number of Topliss-reactive ketones (excluding diaryl/α,β-unsaturated/α-hetero) is 1. The van der Waals surface area contributed by atoms with Gasteiger partial charge in [0.1, 0.15) is 5.78 Å². The minimum Gasteiger partial charge on any atom is -0.369 e. The van der Waals surface area contributed by atoms with E-state index in [0.717, 1.165) is 12.8 Å². The summed E-state index contributed by atoms with van der Waals surface area (Å²) in [4.78, 5) is 10.7. The number of ketones is 1. The van der Waals surface area contributed by atoms with Crippen LogP contribution in [-0.2, 0) is 9.53 Å². The van der Waals surface area contributed by atoms with Gasteiger partial charge in [0.2, 0.25) is 0 Å². The topological polar surface area (TPSA) is 29.6 Å². The molecule has 0 N–H and O–H groups in total. The van der Waals surface area contributed by atoms with Gasteiger partial charge in [-0.1, -0.05) is 20.8 Å². The van der Waals surface area contributed by atoms with Gasteiger partial charge in [-0.05, 0) is 25.2 Å². The van der Waals surface area contributed by atoms with Gasteiger partial charge in [-0.15, -0.1) is 0 Å². The Morgan fingerprint density at radius 1 is 1.38 bits per heavy atom. The second kappa shape index (κ2) is 3.79. The second-order valence-corrected chi connectivity index (χ2v) is 5.06. The largest absolute Gasteiger partial charge is 0.369 e. The highest BCUT2D eigenvalue weighted by Gasteiger charge is 2.46. The smallest absolute Gasteiger partial charge is 0.129 e. The van der Waals surface area contributed by atoms with Crippen molar-refractivity contribution in [1.29, 1.82) is 0 Å². The van der Waals surface area contributed by atoms with Crippen LogP contribution in [0.4, 0.5) is 0 Å². The minimum absolute atomic E-state index is 0.265. The molecule has 0 aromatic rings. The summed E-state index contributed by atoms with van der Waals surface area (Å²) in [5.74, 6) is 0.285. The van der Waals surface area contributed by atoms with E-state index < -0.39 is 0 Å². The van der Waals surface area contributed by atoms with E-state index in [2.05, 4.69) is 20.8 Å². The molecule has 13 heavy (non-hydrogen) atoms. The van der Waals surface area contributed by atoms with Crippen LogP contribution in [-0.4, -0.2) is 18.0 Å². The fourth-order valence-corrected chi connectivity index (χ4v) is 1.68. The Morgan fingerprint density at radius 3 is 2.38 bits per heavy atom. The van der Waals surface area contributed by atoms with Crippen molar-refractivity contribution in [2.75, 3.05) is 0 Å². The number of rotatable bonds is 4. The maximum Gasteiger partial charge on any atom is 0.129 e. The molecule has 0 radical (unpaired) electrons. The molecule has 76 valence electrons. The molecule has 0 unspecified atom stereocenters. The van der Waals surface area contributed by atoms with E-state index in [1.807, 2.05) is 0 Å². The Kier molecular flexibility index (Phi) is 3.12. The molecule has 1 saturated heterocycles. The summed E-state index contributed by atoms with van der Waals surface area (Å²) in [7, 11) is 0. The van der Waals surface area contributed by atoms with Gasteiger partial charge in [0.15, 0.2) is 0 Å². The third kappa shape index (κ3) is 3.47. The predicted molar refractivity (Wildman–Crippen MR) is 52.6 cm³/mol. The third-order valence-electron chi connectivity index (χ3n) is 2.45. The molecule has 0 amide bonds. The van der Waals surface area contributed by atoms with Crippen LogP contribution in [0.5, 0.6) is 0 Å². The number of carbonyl (C=O) groups is 1. The van der Waals surface area contributed by atoms with Gasteiger partial charge in [0.05, 0.1) is 12.2 Å². The summed E-state index contributed by atoms with van der Waals surface area (Å²) < 4.78 is 5.55. The predicted octanol–water partition coefficient (Wildman–Crippen LogP) is 2.56. The summed E-state index contributed by atoms with van der Waals surface area (Å²) in [6.45, 7) is 8.24. The molecule has 2 atom stereocenters. The average Bonchev–Trinajstić information content (AvgIpc) is 2.64. The average molecular weight is 184 g/mol. The van der Waals surface area contributed by atoms with Crippen molar-refractivity contribution in [3.05, 3.63) is 0 Å². The van der Waals surface area contributed by atoms with Gasteiger partial charge in [0.25, 0.3) is 0 Å². The molecule has 2 nitrogen and oxygen atoms in total. The Hall–Kier alpha value is -0.370.